The van der Waals surface area contributed by atoms with Crippen molar-refractivity contribution in [1.29, 1.82) is 5.26 Å². The van der Waals surface area contributed by atoms with Crippen LogP contribution in [0.4, 0.5) is 0 Å². The molecule has 58 valence electrons. The van der Waals surface area contributed by atoms with E-state index in [-0.39, 0.29) is 0 Å². The number of ether oxygens (including phenoxy) is 1. The molecule has 0 amide bonds. The molecule has 0 aromatic rings. The van der Waals surface area contributed by atoms with Gasteiger partial charge in [0.1, 0.15) is 0 Å². The van der Waals surface area contributed by atoms with Crippen molar-refractivity contribution < 1.29 is 4.74 Å². The van der Waals surface area contributed by atoms with Gasteiger partial charge in [-0.3, -0.25) is 0 Å². The number of hydrogen-bond acceptors (Lipinski definition) is 2. The summed E-state index contributed by atoms with van der Waals surface area (Å²) in [5.74, 6) is 0. The Bertz CT molecular complexity index is 111. The molecule has 0 heterocycles. The van der Waals surface area contributed by atoms with Crippen LogP contribution in [0.5, 0.6) is 0 Å². The number of hydrogen-bond donors (Lipinski definition) is 0. The Kier molecular flexibility index (Phi) is 13.2. The molecule has 0 saturated carbocycles. The molecule has 0 spiro atoms. The van der Waals surface area contributed by atoms with Gasteiger partial charge in [0.2, 0.25) is 0 Å². The van der Waals surface area contributed by atoms with E-state index in [0.717, 1.165) is 13.2 Å². The Balaban J connectivity index is 0. The van der Waals surface area contributed by atoms with E-state index < -0.39 is 0 Å². The molecule has 0 N–H and O–H groups in total. The molecule has 0 unspecified atom stereocenters. The van der Waals surface area contributed by atoms with Crippen molar-refractivity contribution in [3.05, 3.63) is 12.2 Å². The van der Waals surface area contributed by atoms with Crippen LogP contribution in [0, 0.1) is 11.3 Å². The van der Waals surface area contributed by atoms with Crippen LogP contribution in [-0.2, 0) is 4.74 Å². The maximum absolute atomic E-state index is 7.79. The summed E-state index contributed by atoms with van der Waals surface area (Å²) in [4.78, 5) is 0. The maximum atomic E-state index is 7.79. The largest absolute Gasteiger partial charge is 0.382 e. The van der Waals surface area contributed by atoms with Crippen LogP contribution in [0.1, 0.15) is 20.8 Å². The zero-order valence-corrected chi connectivity index (χ0v) is 6.98. The lowest BCUT2D eigenvalue weighted by Gasteiger charge is -1.86. The summed E-state index contributed by atoms with van der Waals surface area (Å²) in [5, 5.41) is 7.79. The van der Waals surface area contributed by atoms with Crippen LogP contribution in [0.15, 0.2) is 12.2 Å². The topological polar surface area (TPSA) is 33.0 Å². The molecule has 10 heavy (non-hydrogen) atoms. The first-order valence-corrected chi connectivity index (χ1v) is 3.32. The first kappa shape index (κ1) is 11.9. The molecule has 0 bridgehead atoms. The van der Waals surface area contributed by atoms with Gasteiger partial charge >= 0.3 is 0 Å². The van der Waals surface area contributed by atoms with E-state index >= 15 is 0 Å². The van der Waals surface area contributed by atoms with E-state index in [1.165, 1.54) is 0 Å². The van der Waals surface area contributed by atoms with Gasteiger partial charge in [-0.1, -0.05) is 6.58 Å². The molecule has 0 rings (SSSR count). The minimum Gasteiger partial charge on any atom is -0.382 e. The van der Waals surface area contributed by atoms with E-state index in [2.05, 4.69) is 6.58 Å². The summed E-state index contributed by atoms with van der Waals surface area (Å²) in [7, 11) is 0. The Labute approximate surface area is 63.1 Å². The Hall–Kier alpha value is -0.810. The molecular formula is C8H15NO. The van der Waals surface area contributed by atoms with Gasteiger partial charge < -0.3 is 4.74 Å². The molecule has 0 aromatic carbocycles. The second kappa shape index (κ2) is 11.0. The molecule has 0 saturated heterocycles. The molecule has 0 aromatic heterocycles. The average Bonchev–Trinajstić information content (AvgIpc) is 1.91. The summed E-state index contributed by atoms with van der Waals surface area (Å²) >= 11 is 0. The molecular weight excluding hydrogens is 126 g/mol. The molecule has 0 aliphatic carbocycles. The highest BCUT2D eigenvalue weighted by molar-refractivity contribution is 5.11. The van der Waals surface area contributed by atoms with Gasteiger partial charge in [0.15, 0.2) is 0 Å². The van der Waals surface area contributed by atoms with Crippen molar-refractivity contribution in [3.63, 3.8) is 0 Å². The smallest absolute Gasteiger partial charge is 0.0937 e. The Morgan fingerprint density at radius 2 is 1.80 bits per heavy atom. The third kappa shape index (κ3) is 27.1. The van der Waals surface area contributed by atoms with Crippen molar-refractivity contribution in [2.24, 2.45) is 0 Å². The van der Waals surface area contributed by atoms with E-state index in [4.69, 9.17) is 10.00 Å². The summed E-state index contributed by atoms with van der Waals surface area (Å²) in [5.41, 5.74) is 0.560. The van der Waals surface area contributed by atoms with Crippen LogP contribution in [-0.4, -0.2) is 13.2 Å². The van der Waals surface area contributed by atoms with Crippen molar-refractivity contribution in [2.45, 2.75) is 20.8 Å². The fraction of sp³-hybridized carbons (Fsp3) is 0.625. The predicted octanol–water partition coefficient (Wildman–Crippen LogP) is 2.13. The van der Waals surface area contributed by atoms with Gasteiger partial charge in [0.25, 0.3) is 0 Å². The zero-order chi connectivity index (χ0) is 8.41. The minimum atomic E-state index is 0.560. The van der Waals surface area contributed by atoms with Gasteiger partial charge in [-0.05, 0) is 20.8 Å². The number of rotatable bonds is 2. The first-order valence-electron chi connectivity index (χ1n) is 3.32. The number of nitriles is 1. The van der Waals surface area contributed by atoms with Crippen LogP contribution >= 0.6 is 0 Å². The van der Waals surface area contributed by atoms with Gasteiger partial charge in [0.05, 0.1) is 6.07 Å². The van der Waals surface area contributed by atoms with Crippen LogP contribution < -0.4 is 0 Å². The van der Waals surface area contributed by atoms with Crippen LogP contribution in [0.25, 0.3) is 0 Å². The highest BCUT2D eigenvalue weighted by Gasteiger charge is 1.64. The molecule has 0 aliphatic heterocycles. The van der Waals surface area contributed by atoms with E-state index in [9.17, 15) is 0 Å². The SMILES string of the molecule is C=C(C)C#N.CCOCC. The molecule has 0 radical (unpaired) electrons. The average molecular weight is 141 g/mol. The molecule has 0 atom stereocenters. The van der Waals surface area contributed by atoms with Gasteiger partial charge in [-0.25, -0.2) is 0 Å². The van der Waals surface area contributed by atoms with Gasteiger partial charge in [0, 0.05) is 18.8 Å². The van der Waals surface area contributed by atoms with Crippen molar-refractivity contribution in [2.75, 3.05) is 13.2 Å². The first-order chi connectivity index (χ1) is 4.68. The highest BCUT2D eigenvalue weighted by Crippen LogP contribution is 1.74. The zero-order valence-electron chi connectivity index (χ0n) is 6.98. The lowest BCUT2D eigenvalue weighted by atomic mass is 10.4. The molecule has 0 fully saturated rings. The molecule has 2 nitrogen and oxygen atoms in total. The second-order valence-corrected chi connectivity index (χ2v) is 1.67. The Morgan fingerprint density at radius 1 is 1.50 bits per heavy atom. The summed E-state index contributed by atoms with van der Waals surface area (Å²) in [6.45, 7) is 10.6. The van der Waals surface area contributed by atoms with Crippen molar-refractivity contribution in [3.8, 4) is 6.07 Å². The fourth-order valence-electron chi connectivity index (χ4n) is 0.204. The Morgan fingerprint density at radius 3 is 1.80 bits per heavy atom. The van der Waals surface area contributed by atoms with Gasteiger partial charge in [-0.15, -0.1) is 0 Å². The standard InChI is InChI=1S/C4H5N.C4H10O/c1-4(2)3-5;1-3-5-4-2/h1H2,2H3;3-4H2,1-2H3. The lowest BCUT2D eigenvalue weighted by Crippen LogP contribution is -1.84. The third-order valence-electron chi connectivity index (χ3n) is 0.599. The van der Waals surface area contributed by atoms with Gasteiger partial charge in [-0.2, -0.15) is 5.26 Å². The fourth-order valence-corrected chi connectivity index (χ4v) is 0.204. The normalized spacial score (nSPS) is 7.00. The predicted molar refractivity (Wildman–Crippen MR) is 42.6 cm³/mol. The molecule has 0 aliphatic rings. The summed E-state index contributed by atoms with van der Waals surface area (Å²) < 4.78 is 4.83. The minimum absolute atomic E-state index is 0.560. The monoisotopic (exact) mass is 141 g/mol. The van der Waals surface area contributed by atoms with E-state index in [0.29, 0.717) is 5.57 Å². The van der Waals surface area contributed by atoms with Crippen molar-refractivity contribution >= 4 is 0 Å². The lowest BCUT2D eigenvalue weighted by molar-refractivity contribution is 0.162. The van der Waals surface area contributed by atoms with Crippen molar-refractivity contribution in [1.82, 2.24) is 0 Å². The van der Waals surface area contributed by atoms with E-state index in [1.54, 1.807) is 6.92 Å². The highest BCUT2D eigenvalue weighted by atomic mass is 16.5. The summed E-state index contributed by atoms with van der Waals surface area (Å²) in [6, 6.07) is 1.83. The second-order valence-electron chi connectivity index (χ2n) is 1.67. The number of nitrogens with zero attached hydrogens (tertiary/aromatic N) is 1. The van der Waals surface area contributed by atoms with Crippen LogP contribution in [0.2, 0.25) is 0 Å². The number of allylic oxidation sites excluding steroid dienone is 1. The summed E-state index contributed by atoms with van der Waals surface area (Å²) in [6.07, 6.45) is 0. The molecule has 2 heteroatoms. The quantitative estimate of drug-likeness (QED) is 0.552. The maximum Gasteiger partial charge on any atom is 0.0937 e. The third-order valence-corrected chi connectivity index (χ3v) is 0.599. The van der Waals surface area contributed by atoms with E-state index in [1.807, 2.05) is 19.9 Å². The van der Waals surface area contributed by atoms with Crippen LogP contribution in [0.3, 0.4) is 0 Å².